The molecule has 0 fully saturated rings. The number of aryl methyl sites for hydroxylation is 1. The number of nitrogens with zero attached hydrogens (tertiary/aromatic N) is 3. The Morgan fingerprint density at radius 2 is 2.28 bits per heavy atom. The van der Waals surface area contributed by atoms with Crippen molar-refractivity contribution >= 4 is 11.7 Å². The van der Waals surface area contributed by atoms with Crippen LogP contribution in [0.4, 0.5) is 0 Å². The second-order valence-corrected chi connectivity index (χ2v) is 4.03. The first-order valence-corrected chi connectivity index (χ1v) is 5.39. The molecule has 3 rings (SSSR count). The van der Waals surface area contributed by atoms with Crippen LogP contribution in [0.2, 0.25) is 0 Å². The van der Waals surface area contributed by atoms with Gasteiger partial charge in [0.05, 0.1) is 6.20 Å². The number of carboxylic acids is 1. The fourth-order valence-corrected chi connectivity index (χ4v) is 1.83. The van der Waals surface area contributed by atoms with Crippen LogP contribution in [0.1, 0.15) is 16.1 Å². The van der Waals surface area contributed by atoms with Gasteiger partial charge in [-0.15, -0.1) is 0 Å². The molecule has 0 aliphatic heterocycles. The highest BCUT2D eigenvalue weighted by Gasteiger charge is 2.14. The Bertz CT molecular complexity index is 741. The first-order valence-electron chi connectivity index (χ1n) is 5.39. The minimum absolute atomic E-state index is 0.0661. The maximum atomic E-state index is 11.0. The zero-order valence-electron chi connectivity index (χ0n) is 9.58. The van der Waals surface area contributed by atoms with Crippen molar-refractivity contribution in [1.82, 2.24) is 19.6 Å². The van der Waals surface area contributed by atoms with Gasteiger partial charge in [0.2, 0.25) is 0 Å². The summed E-state index contributed by atoms with van der Waals surface area (Å²) in [7, 11) is 0. The van der Waals surface area contributed by atoms with E-state index in [2.05, 4.69) is 15.1 Å². The molecule has 18 heavy (non-hydrogen) atoms. The standard InChI is InChI=1S/C12H10N4O2/c1-7-3-2-4-8(5-7)10-14-12-13-6-9(11(17)18)16(12)15-10/h2-6H,1H3,(H,17,18)(H,13,14,15). The molecule has 2 N–H and O–H groups in total. The van der Waals surface area contributed by atoms with Gasteiger partial charge in [0, 0.05) is 5.56 Å². The molecule has 0 aliphatic rings. The Morgan fingerprint density at radius 1 is 1.44 bits per heavy atom. The summed E-state index contributed by atoms with van der Waals surface area (Å²) in [5.41, 5.74) is 2.08. The first kappa shape index (κ1) is 10.5. The number of fused-ring (bicyclic) bond motifs is 1. The zero-order valence-corrected chi connectivity index (χ0v) is 9.58. The third kappa shape index (κ3) is 1.55. The summed E-state index contributed by atoms with van der Waals surface area (Å²) in [6, 6.07) is 7.79. The number of hydrogen-bond acceptors (Lipinski definition) is 3. The minimum atomic E-state index is -1.04. The molecule has 2 aromatic heterocycles. The van der Waals surface area contributed by atoms with Crippen molar-refractivity contribution in [1.29, 1.82) is 0 Å². The van der Waals surface area contributed by atoms with Crippen molar-refractivity contribution in [3.8, 4) is 11.4 Å². The van der Waals surface area contributed by atoms with Gasteiger partial charge >= 0.3 is 5.97 Å². The number of carbonyl (C=O) groups is 1. The third-order valence-corrected chi connectivity index (χ3v) is 2.68. The van der Waals surface area contributed by atoms with E-state index in [0.717, 1.165) is 11.1 Å². The largest absolute Gasteiger partial charge is 0.476 e. The van der Waals surface area contributed by atoms with E-state index in [1.54, 1.807) is 0 Å². The Labute approximate surface area is 102 Å². The van der Waals surface area contributed by atoms with E-state index in [9.17, 15) is 4.79 Å². The molecule has 6 heteroatoms. The fourth-order valence-electron chi connectivity index (χ4n) is 1.83. The van der Waals surface area contributed by atoms with Gasteiger partial charge in [0.25, 0.3) is 5.78 Å². The van der Waals surface area contributed by atoms with Gasteiger partial charge < -0.3 is 5.11 Å². The number of rotatable bonds is 2. The molecule has 0 bridgehead atoms. The van der Waals surface area contributed by atoms with E-state index in [1.165, 1.54) is 10.7 Å². The van der Waals surface area contributed by atoms with Crippen molar-refractivity contribution in [3.05, 3.63) is 41.7 Å². The summed E-state index contributed by atoms with van der Waals surface area (Å²) < 4.78 is 1.36. The molecular formula is C12H10N4O2. The quantitative estimate of drug-likeness (QED) is 0.716. The number of imidazole rings is 1. The normalized spacial score (nSPS) is 10.9. The molecule has 0 saturated heterocycles. The third-order valence-electron chi connectivity index (χ3n) is 2.68. The van der Waals surface area contributed by atoms with Crippen molar-refractivity contribution in [3.63, 3.8) is 0 Å². The van der Waals surface area contributed by atoms with Crippen LogP contribution < -0.4 is 0 Å². The van der Waals surface area contributed by atoms with E-state index >= 15 is 0 Å². The molecule has 0 radical (unpaired) electrons. The lowest BCUT2D eigenvalue weighted by Crippen LogP contribution is -2.01. The number of aromatic nitrogens is 4. The summed E-state index contributed by atoms with van der Waals surface area (Å²) in [5, 5.41) is 11.9. The fraction of sp³-hybridized carbons (Fsp3) is 0.0833. The van der Waals surface area contributed by atoms with Crippen LogP contribution in [0, 0.1) is 6.92 Å². The smallest absolute Gasteiger partial charge is 0.356 e. The number of aromatic carboxylic acids is 1. The average Bonchev–Trinajstić information content (AvgIpc) is 2.87. The van der Waals surface area contributed by atoms with Gasteiger partial charge in [-0.05, 0) is 13.0 Å². The lowest BCUT2D eigenvalue weighted by molar-refractivity contribution is 0.0688. The van der Waals surface area contributed by atoms with Crippen LogP contribution in [0.25, 0.3) is 17.2 Å². The van der Waals surface area contributed by atoms with E-state index in [4.69, 9.17) is 5.11 Å². The predicted octanol–water partition coefficient (Wildman–Crippen LogP) is 1.73. The van der Waals surface area contributed by atoms with E-state index in [-0.39, 0.29) is 5.69 Å². The number of benzene rings is 1. The highest BCUT2D eigenvalue weighted by Crippen LogP contribution is 2.17. The Kier molecular flexibility index (Phi) is 2.16. The summed E-state index contributed by atoms with van der Waals surface area (Å²) in [4.78, 5) is 19.2. The summed E-state index contributed by atoms with van der Waals surface area (Å²) in [6.45, 7) is 1.99. The zero-order chi connectivity index (χ0) is 12.7. The lowest BCUT2D eigenvalue weighted by Gasteiger charge is -1.97. The molecular weight excluding hydrogens is 232 g/mol. The number of nitrogens with one attached hydrogen (secondary N) is 1. The van der Waals surface area contributed by atoms with Crippen LogP contribution in [-0.4, -0.2) is 30.7 Å². The van der Waals surface area contributed by atoms with Gasteiger partial charge in [-0.3, -0.25) is 5.10 Å². The molecule has 0 amide bonds. The highest BCUT2D eigenvalue weighted by atomic mass is 16.4. The van der Waals surface area contributed by atoms with Crippen molar-refractivity contribution in [2.75, 3.05) is 0 Å². The van der Waals surface area contributed by atoms with E-state index in [1.807, 2.05) is 31.2 Å². The van der Waals surface area contributed by atoms with Crippen molar-refractivity contribution in [2.45, 2.75) is 6.92 Å². The summed E-state index contributed by atoms with van der Waals surface area (Å²) >= 11 is 0. The average molecular weight is 242 g/mol. The molecule has 0 aliphatic carbocycles. The number of H-pyrrole nitrogens is 1. The maximum Gasteiger partial charge on any atom is 0.356 e. The second-order valence-electron chi connectivity index (χ2n) is 4.03. The molecule has 3 aromatic rings. The van der Waals surface area contributed by atoms with Gasteiger partial charge in [0.15, 0.2) is 11.5 Å². The van der Waals surface area contributed by atoms with Gasteiger partial charge in [-0.25, -0.2) is 14.3 Å². The summed E-state index contributed by atoms with van der Waals surface area (Å²) in [5.74, 6) is -0.0878. The van der Waals surface area contributed by atoms with Crippen LogP contribution in [0.15, 0.2) is 30.5 Å². The molecule has 1 aromatic carbocycles. The molecule has 6 nitrogen and oxygen atoms in total. The second kappa shape index (κ2) is 3.69. The molecule has 2 heterocycles. The maximum absolute atomic E-state index is 11.0. The number of hydrogen-bond donors (Lipinski definition) is 2. The molecule has 0 saturated carbocycles. The SMILES string of the molecule is Cc1cccc(-c2nc3ncc(C(=O)O)n3[nH]2)c1. The lowest BCUT2D eigenvalue weighted by atomic mass is 10.1. The molecule has 0 unspecified atom stereocenters. The summed E-state index contributed by atoms with van der Waals surface area (Å²) in [6.07, 6.45) is 1.28. The Balaban J connectivity index is 2.17. The molecule has 0 atom stereocenters. The van der Waals surface area contributed by atoms with Crippen LogP contribution in [0.5, 0.6) is 0 Å². The van der Waals surface area contributed by atoms with E-state index < -0.39 is 5.97 Å². The number of carboxylic acid groups (broad SMARTS) is 1. The van der Waals surface area contributed by atoms with Gasteiger partial charge in [-0.2, -0.15) is 4.98 Å². The monoisotopic (exact) mass is 242 g/mol. The van der Waals surface area contributed by atoms with Crippen LogP contribution in [-0.2, 0) is 0 Å². The predicted molar refractivity (Wildman–Crippen MR) is 64.5 cm³/mol. The van der Waals surface area contributed by atoms with Crippen molar-refractivity contribution in [2.24, 2.45) is 0 Å². The Morgan fingerprint density at radius 3 is 3.00 bits per heavy atom. The molecule has 90 valence electrons. The van der Waals surface area contributed by atoms with Crippen LogP contribution in [0.3, 0.4) is 0 Å². The highest BCUT2D eigenvalue weighted by molar-refractivity contribution is 5.86. The molecule has 0 spiro atoms. The van der Waals surface area contributed by atoms with Gasteiger partial charge in [0.1, 0.15) is 0 Å². The van der Waals surface area contributed by atoms with E-state index in [0.29, 0.717) is 11.6 Å². The Hall–Kier alpha value is -2.63. The topological polar surface area (TPSA) is 83.3 Å². The minimum Gasteiger partial charge on any atom is -0.476 e. The van der Waals surface area contributed by atoms with Gasteiger partial charge in [-0.1, -0.05) is 23.8 Å². The van der Waals surface area contributed by atoms with Crippen molar-refractivity contribution < 1.29 is 9.90 Å². The van der Waals surface area contributed by atoms with Crippen LogP contribution >= 0.6 is 0 Å². The first-order chi connectivity index (χ1) is 8.65. The number of aromatic amines is 1.